The molecule has 2 atom stereocenters. The van der Waals surface area contributed by atoms with Crippen LogP contribution in [0.2, 0.25) is 0 Å². The summed E-state index contributed by atoms with van der Waals surface area (Å²) in [7, 11) is 0. The van der Waals surface area contributed by atoms with Gasteiger partial charge in [0.05, 0.1) is 0 Å². The first kappa shape index (κ1) is 36.1. The number of fused-ring (bicyclic) bond motifs is 6. The molecule has 2 bridgehead atoms. The average molecular weight is 780 g/mol. The Bertz CT molecular complexity index is 2920. The van der Waals surface area contributed by atoms with Gasteiger partial charge in [-0.15, -0.1) is 11.3 Å². The van der Waals surface area contributed by atoms with Gasteiger partial charge >= 0.3 is 0 Å². The Morgan fingerprint density at radius 1 is 0.458 bits per heavy atom. The summed E-state index contributed by atoms with van der Waals surface area (Å²) >= 11 is 1.88. The fourth-order valence-electron chi connectivity index (χ4n) is 11.3. The van der Waals surface area contributed by atoms with Crippen molar-refractivity contribution in [2.24, 2.45) is 17.8 Å². The topological polar surface area (TPSA) is 3.24 Å². The van der Waals surface area contributed by atoms with Crippen LogP contribution >= 0.6 is 11.3 Å². The molecule has 2 aliphatic rings. The third-order valence-electron chi connectivity index (χ3n) is 13.7. The van der Waals surface area contributed by atoms with Gasteiger partial charge in [0.1, 0.15) is 0 Å². The maximum absolute atomic E-state index is 2.54. The molecular weight excluding hydrogens is 731 g/mol. The van der Waals surface area contributed by atoms with Crippen molar-refractivity contribution in [3.63, 3.8) is 0 Å². The van der Waals surface area contributed by atoms with Crippen LogP contribution in [-0.4, -0.2) is 0 Å². The number of anilines is 3. The lowest BCUT2D eigenvalue weighted by atomic mass is 9.57. The van der Waals surface area contributed by atoms with Gasteiger partial charge in [0.2, 0.25) is 0 Å². The van der Waals surface area contributed by atoms with Crippen molar-refractivity contribution in [2.75, 3.05) is 4.90 Å². The molecule has 2 saturated carbocycles. The van der Waals surface area contributed by atoms with E-state index in [9.17, 15) is 0 Å². The molecule has 11 rings (SSSR count). The normalized spacial score (nSPS) is 20.3. The van der Waals surface area contributed by atoms with Crippen molar-refractivity contribution >= 4 is 59.3 Å². The molecule has 0 aliphatic heterocycles. The molecule has 0 spiro atoms. The molecule has 288 valence electrons. The molecule has 2 fully saturated rings. The smallest absolute Gasteiger partial charge is 0.0462 e. The zero-order valence-electron chi connectivity index (χ0n) is 33.9. The molecule has 1 heterocycles. The third-order valence-corrected chi connectivity index (χ3v) is 14.8. The van der Waals surface area contributed by atoms with Gasteiger partial charge in [0.15, 0.2) is 0 Å². The predicted octanol–water partition coefficient (Wildman–Crippen LogP) is 16.8. The maximum Gasteiger partial charge on any atom is 0.0462 e. The Morgan fingerprint density at radius 2 is 0.949 bits per heavy atom. The second-order valence-electron chi connectivity index (χ2n) is 17.8. The molecule has 9 aromatic rings. The van der Waals surface area contributed by atoms with Crippen LogP contribution in [0.3, 0.4) is 0 Å². The van der Waals surface area contributed by atoms with Crippen molar-refractivity contribution in [1.29, 1.82) is 0 Å². The molecule has 2 aliphatic carbocycles. The van der Waals surface area contributed by atoms with Crippen LogP contribution in [0.5, 0.6) is 0 Å². The van der Waals surface area contributed by atoms with Gasteiger partial charge in [-0.3, -0.25) is 0 Å². The van der Waals surface area contributed by atoms with Crippen LogP contribution in [-0.2, 0) is 5.41 Å². The molecule has 1 nitrogen and oxygen atoms in total. The fourth-order valence-corrected chi connectivity index (χ4v) is 12.5. The molecule has 2 heteroatoms. The van der Waals surface area contributed by atoms with Crippen LogP contribution in [0.4, 0.5) is 17.1 Å². The highest BCUT2D eigenvalue weighted by molar-refractivity contribution is 7.25. The van der Waals surface area contributed by atoms with Gasteiger partial charge in [-0.25, -0.2) is 0 Å². The predicted molar refractivity (Wildman–Crippen MR) is 254 cm³/mol. The Morgan fingerprint density at radius 3 is 1.56 bits per heavy atom. The molecule has 0 N–H and O–H groups in total. The molecule has 2 unspecified atom stereocenters. The monoisotopic (exact) mass is 779 g/mol. The quantitative estimate of drug-likeness (QED) is 0.156. The lowest BCUT2D eigenvalue weighted by Gasteiger charge is -2.47. The van der Waals surface area contributed by atoms with Crippen molar-refractivity contribution in [1.82, 2.24) is 0 Å². The minimum absolute atomic E-state index is 0.240. The van der Waals surface area contributed by atoms with E-state index in [0.29, 0.717) is 0 Å². The number of benzene rings is 8. The maximum atomic E-state index is 2.54. The second kappa shape index (κ2) is 14.7. The van der Waals surface area contributed by atoms with Gasteiger partial charge in [-0.2, -0.15) is 0 Å². The van der Waals surface area contributed by atoms with Gasteiger partial charge in [0.25, 0.3) is 0 Å². The van der Waals surface area contributed by atoms with Gasteiger partial charge in [-0.05, 0) is 154 Å². The van der Waals surface area contributed by atoms with Crippen LogP contribution in [0.25, 0.3) is 64.3 Å². The van der Waals surface area contributed by atoms with Crippen LogP contribution in [0.1, 0.15) is 51.5 Å². The van der Waals surface area contributed by atoms with Crippen molar-refractivity contribution in [3.05, 3.63) is 188 Å². The third kappa shape index (κ3) is 6.55. The summed E-state index contributed by atoms with van der Waals surface area (Å²) in [5.74, 6) is 2.60. The first-order chi connectivity index (χ1) is 29.0. The Kier molecular flexibility index (Phi) is 9.00. The summed E-state index contributed by atoms with van der Waals surface area (Å²) in [6.07, 6.45) is 6.85. The fraction of sp³-hybridized carbons (Fsp3) is 0.193. The highest BCUT2D eigenvalue weighted by atomic mass is 32.1. The number of rotatable bonds is 7. The summed E-state index contributed by atoms with van der Waals surface area (Å²) in [6.45, 7) is 5.01. The molecule has 59 heavy (non-hydrogen) atoms. The van der Waals surface area contributed by atoms with E-state index >= 15 is 0 Å². The van der Waals surface area contributed by atoms with Gasteiger partial charge < -0.3 is 4.90 Å². The summed E-state index contributed by atoms with van der Waals surface area (Å²) < 4.78 is 2.67. The summed E-state index contributed by atoms with van der Waals surface area (Å²) in [5, 5.41) is 5.23. The highest BCUT2D eigenvalue weighted by Gasteiger charge is 2.41. The zero-order valence-corrected chi connectivity index (χ0v) is 34.8. The summed E-state index contributed by atoms with van der Waals surface area (Å²) in [4.78, 5) is 2.44. The first-order valence-electron chi connectivity index (χ1n) is 21.6. The minimum Gasteiger partial charge on any atom is -0.311 e. The van der Waals surface area contributed by atoms with E-state index in [4.69, 9.17) is 0 Å². The van der Waals surface area contributed by atoms with Crippen molar-refractivity contribution in [2.45, 2.75) is 51.4 Å². The molecule has 0 saturated heterocycles. The lowest BCUT2D eigenvalue weighted by Crippen LogP contribution is -2.38. The van der Waals surface area contributed by atoms with E-state index in [2.05, 4.69) is 201 Å². The molecule has 8 aromatic carbocycles. The van der Waals surface area contributed by atoms with E-state index in [1.165, 1.54) is 108 Å². The standard InChI is InChI=1S/C57H49NS/c1-38-33-39-35-40(34-38)37-57(2,36-39)45-25-31-48(32-26-45)58(47-29-23-43(24-30-47)51-18-10-20-54-56(51)52-15-6-7-19-53(52)59-54)46-27-21-42(22-28-46)50-17-9-14-44-13-8-16-49(55(44)50)41-11-4-3-5-12-41/h3-32,38-40H,33-37H2,1-2H3. The SMILES string of the molecule is CC1CC2CC(C1)CC(C)(c1ccc(N(c3ccc(-c4cccc5cccc(-c6ccccc6)c45)cc3)c3ccc(-c4cccc5sc6ccccc6c45)cc3)cc1)C2. The number of hydrogen-bond acceptors (Lipinski definition) is 2. The average Bonchev–Trinajstić information content (AvgIpc) is 3.66. The molecular formula is C57H49NS. The lowest BCUT2D eigenvalue weighted by molar-refractivity contribution is 0.0899. The second-order valence-corrected chi connectivity index (χ2v) is 18.9. The summed E-state index contributed by atoms with van der Waals surface area (Å²) in [5.41, 5.74) is 12.7. The zero-order chi connectivity index (χ0) is 39.5. The van der Waals surface area contributed by atoms with E-state index in [-0.39, 0.29) is 5.41 Å². The molecule has 1 aromatic heterocycles. The van der Waals surface area contributed by atoms with E-state index in [0.717, 1.165) is 29.1 Å². The van der Waals surface area contributed by atoms with E-state index in [1.807, 2.05) is 11.3 Å². The van der Waals surface area contributed by atoms with E-state index in [1.54, 1.807) is 0 Å². The molecule has 0 radical (unpaired) electrons. The first-order valence-corrected chi connectivity index (χ1v) is 22.4. The van der Waals surface area contributed by atoms with Crippen LogP contribution < -0.4 is 4.90 Å². The number of nitrogens with zero attached hydrogens (tertiary/aromatic N) is 1. The molecule has 0 amide bonds. The van der Waals surface area contributed by atoms with Crippen molar-refractivity contribution in [3.8, 4) is 33.4 Å². The largest absolute Gasteiger partial charge is 0.311 e. The summed E-state index contributed by atoms with van der Waals surface area (Å²) in [6, 6.07) is 67.8. The number of thiophene rings is 1. The van der Waals surface area contributed by atoms with Crippen LogP contribution in [0, 0.1) is 17.8 Å². The Hall–Kier alpha value is -5.96. The van der Waals surface area contributed by atoms with Crippen LogP contribution in [0.15, 0.2) is 182 Å². The number of hydrogen-bond donors (Lipinski definition) is 0. The van der Waals surface area contributed by atoms with Gasteiger partial charge in [-0.1, -0.05) is 147 Å². The Labute approximate surface area is 352 Å². The van der Waals surface area contributed by atoms with Gasteiger partial charge in [0, 0.05) is 37.2 Å². The Balaban J connectivity index is 0.988. The minimum atomic E-state index is 0.240. The van der Waals surface area contributed by atoms with Crippen molar-refractivity contribution < 1.29 is 0 Å². The highest BCUT2D eigenvalue weighted by Crippen LogP contribution is 2.52. The van der Waals surface area contributed by atoms with E-state index < -0.39 is 0 Å².